The maximum absolute atomic E-state index is 13.4. The van der Waals surface area contributed by atoms with Gasteiger partial charge in [0.1, 0.15) is 5.82 Å². The van der Waals surface area contributed by atoms with E-state index in [1.54, 1.807) is 6.92 Å². The Bertz CT molecular complexity index is 345. The highest BCUT2D eigenvalue weighted by molar-refractivity contribution is 5.34. The van der Waals surface area contributed by atoms with Crippen LogP contribution in [0.2, 0.25) is 0 Å². The zero-order valence-corrected chi connectivity index (χ0v) is 10.6. The van der Waals surface area contributed by atoms with E-state index in [0.29, 0.717) is 12.2 Å². The monoisotopic (exact) mass is 243 g/mol. The molecule has 2 nitrogen and oxygen atoms in total. The fourth-order valence-electron chi connectivity index (χ4n) is 1.54. The van der Waals surface area contributed by atoms with Gasteiger partial charge >= 0.3 is 0 Å². The van der Waals surface area contributed by atoms with Crippen LogP contribution in [0, 0.1) is 18.6 Å². The number of ether oxygens (including phenoxy) is 1. The van der Waals surface area contributed by atoms with E-state index in [9.17, 15) is 8.78 Å². The summed E-state index contributed by atoms with van der Waals surface area (Å²) < 4.78 is 31.6. The Morgan fingerprint density at radius 1 is 1.29 bits per heavy atom. The first-order valence-electron chi connectivity index (χ1n) is 5.81. The van der Waals surface area contributed by atoms with Crippen LogP contribution < -0.4 is 4.74 Å². The van der Waals surface area contributed by atoms with Crippen molar-refractivity contribution in [3.63, 3.8) is 0 Å². The highest BCUT2D eigenvalue weighted by Crippen LogP contribution is 2.23. The summed E-state index contributed by atoms with van der Waals surface area (Å²) >= 11 is 0. The van der Waals surface area contributed by atoms with Crippen LogP contribution in [0.3, 0.4) is 0 Å². The molecule has 1 rings (SSSR count). The summed E-state index contributed by atoms with van der Waals surface area (Å²) in [5, 5.41) is 0. The molecule has 1 aromatic carbocycles. The van der Waals surface area contributed by atoms with Crippen molar-refractivity contribution in [2.45, 2.75) is 20.3 Å². The van der Waals surface area contributed by atoms with Gasteiger partial charge in [0.25, 0.3) is 0 Å². The lowest BCUT2D eigenvalue weighted by Gasteiger charge is -2.14. The van der Waals surface area contributed by atoms with Crippen molar-refractivity contribution in [3.05, 3.63) is 29.3 Å². The van der Waals surface area contributed by atoms with Gasteiger partial charge in [-0.15, -0.1) is 0 Å². The second-order valence-electron chi connectivity index (χ2n) is 4.13. The molecule has 0 amide bonds. The molecule has 0 fully saturated rings. The minimum Gasteiger partial charge on any atom is -0.490 e. The summed E-state index contributed by atoms with van der Waals surface area (Å²) in [7, 11) is 2.02. The molecule has 0 N–H and O–H groups in total. The first-order chi connectivity index (χ1) is 8.04. The zero-order valence-electron chi connectivity index (χ0n) is 10.6. The van der Waals surface area contributed by atoms with Gasteiger partial charge in [-0.05, 0) is 38.6 Å². The third-order valence-corrected chi connectivity index (χ3v) is 2.66. The molecule has 0 spiro atoms. The van der Waals surface area contributed by atoms with Gasteiger partial charge in [0, 0.05) is 12.6 Å². The van der Waals surface area contributed by atoms with Crippen molar-refractivity contribution in [1.29, 1.82) is 0 Å². The van der Waals surface area contributed by atoms with E-state index in [1.165, 1.54) is 6.07 Å². The average Bonchev–Trinajstić information content (AvgIpc) is 2.26. The van der Waals surface area contributed by atoms with Gasteiger partial charge in [0.2, 0.25) is 0 Å². The molecular formula is C13H19F2NO. The molecule has 0 aliphatic rings. The number of benzene rings is 1. The van der Waals surface area contributed by atoms with Crippen LogP contribution in [0.4, 0.5) is 8.78 Å². The van der Waals surface area contributed by atoms with Gasteiger partial charge in [-0.3, -0.25) is 0 Å². The van der Waals surface area contributed by atoms with E-state index in [2.05, 4.69) is 11.8 Å². The van der Waals surface area contributed by atoms with Crippen LogP contribution in [0.5, 0.6) is 5.75 Å². The van der Waals surface area contributed by atoms with Gasteiger partial charge in [-0.25, -0.2) is 8.78 Å². The molecule has 0 heterocycles. The molecule has 0 unspecified atom stereocenters. The molecule has 0 bridgehead atoms. The van der Waals surface area contributed by atoms with Crippen LogP contribution in [0.1, 0.15) is 18.9 Å². The summed E-state index contributed by atoms with van der Waals surface area (Å²) in [6.45, 7) is 6.03. The molecule has 0 saturated carbocycles. The van der Waals surface area contributed by atoms with Gasteiger partial charge in [-0.2, -0.15) is 0 Å². The number of rotatable bonds is 6. The van der Waals surface area contributed by atoms with Crippen LogP contribution in [0.15, 0.2) is 12.1 Å². The smallest absolute Gasteiger partial charge is 0.168 e. The second kappa shape index (κ2) is 6.55. The van der Waals surface area contributed by atoms with Gasteiger partial charge in [-0.1, -0.05) is 6.92 Å². The number of hydrogen-bond donors (Lipinski definition) is 0. The normalized spacial score (nSPS) is 10.9. The summed E-state index contributed by atoms with van der Waals surface area (Å²) in [4.78, 5) is 2.15. The summed E-state index contributed by atoms with van der Waals surface area (Å²) in [5.41, 5.74) is 0.492. The van der Waals surface area contributed by atoms with Crippen LogP contribution in [-0.4, -0.2) is 31.6 Å². The van der Waals surface area contributed by atoms with Crippen molar-refractivity contribution < 1.29 is 13.5 Å². The number of nitrogens with zero attached hydrogens (tertiary/aromatic N) is 1. The fourth-order valence-corrected chi connectivity index (χ4v) is 1.54. The molecule has 0 aromatic heterocycles. The summed E-state index contributed by atoms with van der Waals surface area (Å²) in [5.74, 6) is -1.05. The molecule has 0 atom stereocenters. The van der Waals surface area contributed by atoms with Gasteiger partial charge < -0.3 is 9.64 Å². The molecule has 0 saturated heterocycles. The van der Waals surface area contributed by atoms with Crippen LogP contribution in [-0.2, 0) is 0 Å². The molecule has 0 aliphatic heterocycles. The van der Waals surface area contributed by atoms with E-state index >= 15 is 0 Å². The first-order valence-corrected chi connectivity index (χ1v) is 5.81. The minimum absolute atomic E-state index is 0.158. The molecule has 1 aromatic rings. The molecule has 0 aliphatic carbocycles. The Hall–Kier alpha value is -1.16. The standard InChI is InChI=1S/C13H19F2NO/c1-4-16(3)6-5-7-17-13-10(2)8-11(14)9-12(13)15/h8-9H,4-7H2,1-3H3. The maximum atomic E-state index is 13.4. The molecule has 96 valence electrons. The van der Waals surface area contributed by atoms with E-state index in [0.717, 1.165) is 25.6 Å². The van der Waals surface area contributed by atoms with E-state index in [4.69, 9.17) is 4.74 Å². The minimum atomic E-state index is -0.633. The molecular weight excluding hydrogens is 224 g/mol. The zero-order chi connectivity index (χ0) is 12.8. The quantitative estimate of drug-likeness (QED) is 0.712. The van der Waals surface area contributed by atoms with E-state index in [1.807, 2.05) is 7.05 Å². The predicted molar refractivity (Wildman–Crippen MR) is 64.4 cm³/mol. The largest absolute Gasteiger partial charge is 0.490 e. The Balaban J connectivity index is 2.47. The Labute approximate surface area is 101 Å². The van der Waals surface area contributed by atoms with Gasteiger partial charge in [0.15, 0.2) is 11.6 Å². The SMILES string of the molecule is CCN(C)CCCOc1c(C)cc(F)cc1F. The average molecular weight is 243 g/mol. The van der Waals surface area contributed by atoms with Crippen molar-refractivity contribution in [2.75, 3.05) is 26.7 Å². The van der Waals surface area contributed by atoms with Crippen molar-refractivity contribution in [2.24, 2.45) is 0 Å². The fraction of sp³-hybridized carbons (Fsp3) is 0.538. The number of aryl methyl sites for hydroxylation is 1. The second-order valence-corrected chi connectivity index (χ2v) is 4.13. The molecule has 0 radical (unpaired) electrons. The third-order valence-electron chi connectivity index (χ3n) is 2.66. The third kappa shape index (κ3) is 4.30. The van der Waals surface area contributed by atoms with Crippen molar-refractivity contribution >= 4 is 0 Å². The summed E-state index contributed by atoms with van der Waals surface area (Å²) in [6, 6.07) is 2.12. The highest BCUT2D eigenvalue weighted by atomic mass is 19.1. The van der Waals surface area contributed by atoms with Crippen molar-refractivity contribution in [1.82, 2.24) is 4.90 Å². The van der Waals surface area contributed by atoms with E-state index < -0.39 is 11.6 Å². The molecule has 4 heteroatoms. The van der Waals surface area contributed by atoms with E-state index in [-0.39, 0.29) is 5.75 Å². The van der Waals surface area contributed by atoms with Crippen LogP contribution in [0.25, 0.3) is 0 Å². The highest BCUT2D eigenvalue weighted by Gasteiger charge is 2.09. The molecule has 17 heavy (non-hydrogen) atoms. The van der Waals surface area contributed by atoms with Crippen LogP contribution >= 0.6 is 0 Å². The maximum Gasteiger partial charge on any atom is 0.168 e. The lowest BCUT2D eigenvalue weighted by Crippen LogP contribution is -2.20. The van der Waals surface area contributed by atoms with Crippen molar-refractivity contribution in [3.8, 4) is 5.75 Å². The Kier molecular flexibility index (Phi) is 5.35. The predicted octanol–water partition coefficient (Wildman–Crippen LogP) is 2.99. The Morgan fingerprint density at radius 3 is 2.59 bits per heavy atom. The topological polar surface area (TPSA) is 12.5 Å². The number of hydrogen-bond acceptors (Lipinski definition) is 2. The lowest BCUT2D eigenvalue weighted by molar-refractivity contribution is 0.258. The number of halogens is 2. The first kappa shape index (κ1) is 13.9. The Morgan fingerprint density at radius 2 is 2.00 bits per heavy atom. The summed E-state index contributed by atoms with van der Waals surface area (Å²) in [6.07, 6.45) is 0.820. The van der Waals surface area contributed by atoms with Gasteiger partial charge in [0.05, 0.1) is 6.61 Å². The lowest BCUT2D eigenvalue weighted by atomic mass is 10.2.